The van der Waals surface area contributed by atoms with Crippen LogP contribution in [-0.4, -0.2) is 0 Å². The molecule has 0 aliphatic heterocycles. The van der Waals surface area contributed by atoms with Gasteiger partial charge in [0.1, 0.15) is 0 Å². The van der Waals surface area contributed by atoms with Crippen molar-refractivity contribution < 1.29 is 0 Å². The zero-order chi connectivity index (χ0) is 8.81. The molecule has 0 amide bonds. The Labute approximate surface area is 74.6 Å². The minimum atomic E-state index is 0.191. The van der Waals surface area contributed by atoms with Crippen molar-refractivity contribution >= 4 is 0 Å². The summed E-state index contributed by atoms with van der Waals surface area (Å²) in [5.41, 5.74) is 1.20. The van der Waals surface area contributed by atoms with Crippen molar-refractivity contribution in [1.29, 1.82) is 0 Å². The average molecular weight is 157 g/mol. The predicted octanol–water partition coefficient (Wildman–Crippen LogP) is 3.16. The fourth-order valence-electron chi connectivity index (χ4n) is 1.30. The van der Waals surface area contributed by atoms with Crippen LogP contribution in [0.25, 0.3) is 0 Å². The molecule has 0 saturated carbocycles. The summed E-state index contributed by atoms with van der Waals surface area (Å²) in [5, 5.41) is 0. The molecule has 1 atom stereocenters. The van der Waals surface area contributed by atoms with E-state index in [0.717, 1.165) is 12.8 Å². The molecule has 0 fully saturated rings. The molecular weight excluding hydrogens is 144 g/mol. The highest BCUT2D eigenvalue weighted by Crippen LogP contribution is 2.19. The van der Waals surface area contributed by atoms with Gasteiger partial charge in [-0.25, -0.2) is 0 Å². The Morgan fingerprint density at radius 3 is 2.50 bits per heavy atom. The molecule has 61 valence electrons. The van der Waals surface area contributed by atoms with E-state index in [9.17, 15) is 0 Å². The van der Waals surface area contributed by atoms with Crippen LogP contribution in [0.3, 0.4) is 0 Å². The molecule has 0 heterocycles. The number of rotatable bonds is 3. The van der Waals surface area contributed by atoms with E-state index in [0.29, 0.717) is 0 Å². The molecule has 12 heavy (non-hydrogen) atoms. The zero-order valence-corrected chi connectivity index (χ0v) is 7.38. The third kappa shape index (κ3) is 2.13. The number of hydrogen-bond donors (Lipinski definition) is 0. The van der Waals surface area contributed by atoms with Gasteiger partial charge in [-0.3, -0.25) is 0 Å². The first-order valence-corrected chi connectivity index (χ1v) is 4.35. The Morgan fingerprint density at radius 2 is 2.00 bits per heavy atom. The topological polar surface area (TPSA) is 0 Å². The van der Waals surface area contributed by atoms with Crippen LogP contribution in [0.5, 0.6) is 0 Å². The zero-order valence-electron chi connectivity index (χ0n) is 7.38. The van der Waals surface area contributed by atoms with Crippen LogP contribution in [0.1, 0.15) is 31.2 Å². The normalized spacial score (nSPS) is 12.0. The van der Waals surface area contributed by atoms with E-state index in [2.05, 4.69) is 25.0 Å². The van der Waals surface area contributed by atoms with Crippen molar-refractivity contribution in [1.82, 2.24) is 0 Å². The van der Waals surface area contributed by atoms with Crippen molar-refractivity contribution in [3.8, 4) is 5.92 Å². The third-order valence-corrected chi connectivity index (χ3v) is 1.95. The minimum absolute atomic E-state index is 0.191. The number of benzene rings is 1. The lowest BCUT2D eigenvalue weighted by Crippen LogP contribution is -1.93. The maximum Gasteiger partial charge on any atom is 0.0462 e. The summed E-state index contributed by atoms with van der Waals surface area (Å²) in [6.45, 7) is 2.13. The fourth-order valence-corrected chi connectivity index (χ4v) is 1.30. The second-order valence-electron chi connectivity index (χ2n) is 2.90. The van der Waals surface area contributed by atoms with Crippen molar-refractivity contribution in [2.75, 3.05) is 0 Å². The Morgan fingerprint density at radius 1 is 1.33 bits per heavy atom. The van der Waals surface area contributed by atoms with Crippen LogP contribution in [-0.2, 0) is 0 Å². The molecule has 0 saturated heterocycles. The van der Waals surface area contributed by atoms with E-state index in [4.69, 9.17) is 6.42 Å². The summed E-state index contributed by atoms with van der Waals surface area (Å²) >= 11 is 0. The molecule has 1 aromatic carbocycles. The van der Waals surface area contributed by atoms with Crippen molar-refractivity contribution in [2.24, 2.45) is 0 Å². The summed E-state index contributed by atoms with van der Waals surface area (Å²) in [6.07, 6.45) is 9.27. The molecule has 1 rings (SSSR count). The highest BCUT2D eigenvalue weighted by Gasteiger charge is 2.04. The molecule has 0 N–H and O–H groups in total. The molecule has 0 spiro atoms. The molecule has 1 aromatic rings. The SMILES string of the molecule is [C]#CC(CCC)c1ccccc1. The summed E-state index contributed by atoms with van der Waals surface area (Å²) in [4.78, 5) is 0. The second-order valence-corrected chi connectivity index (χ2v) is 2.90. The van der Waals surface area contributed by atoms with Gasteiger partial charge in [-0.2, -0.15) is 0 Å². The first-order valence-electron chi connectivity index (χ1n) is 4.35. The first kappa shape index (κ1) is 8.87. The predicted molar refractivity (Wildman–Crippen MR) is 51.2 cm³/mol. The van der Waals surface area contributed by atoms with Crippen LogP contribution < -0.4 is 0 Å². The van der Waals surface area contributed by atoms with Crippen molar-refractivity contribution in [3.63, 3.8) is 0 Å². The van der Waals surface area contributed by atoms with E-state index >= 15 is 0 Å². The summed E-state index contributed by atoms with van der Waals surface area (Å²) in [6, 6.07) is 10.1. The lowest BCUT2D eigenvalue weighted by molar-refractivity contribution is 0.734. The average Bonchev–Trinajstić information content (AvgIpc) is 2.15. The van der Waals surface area contributed by atoms with Gasteiger partial charge in [0.15, 0.2) is 0 Å². The molecule has 0 heteroatoms. The summed E-state index contributed by atoms with van der Waals surface area (Å²) < 4.78 is 0. The molecule has 0 aliphatic rings. The minimum Gasteiger partial charge on any atom is -0.0809 e. The highest BCUT2D eigenvalue weighted by atomic mass is 14.1. The summed E-state index contributed by atoms with van der Waals surface area (Å²) in [7, 11) is 0. The lowest BCUT2D eigenvalue weighted by Gasteiger charge is -2.08. The third-order valence-electron chi connectivity index (χ3n) is 1.95. The molecule has 0 nitrogen and oxygen atoms in total. The second kappa shape index (κ2) is 4.62. The van der Waals surface area contributed by atoms with Crippen LogP contribution in [0.4, 0.5) is 0 Å². The summed E-state index contributed by atoms with van der Waals surface area (Å²) in [5.74, 6) is 2.76. The van der Waals surface area contributed by atoms with E-state index < -0.39 is 0 Å². The Hall–Kier alpha value is -1.22. The monoisotopic (exact) mass is 157 g/mol. The molecular formula is C12H13. The van der Waals surface area contributed by atoms with Gasteiger partial charge in [-0.1, -0.05) is 49.6 Å². The van der Waals surface area contributed by atoms with E-state index in [1.807, 2.05) is 18.2 Å². The van der Waals surface area contributed by atoms with Gasteiger partial charge in [-0.05, 0) is 18.4 Å². The number of hydrogen-bond acceptors (Lipinski definition) is 0. The Bertz CT molecular complexity index is 253. The van der Waals surface area contributed by atoms with Crippen molar-refractivity contribution in [3.05, 3.63) is 42.3 Å². The molecule has 0 aliphatic carbocycles. The molecule has 1 radical (unpaired) electrons. The molecule has 0 aromatic heterocycles. The van der Waals surface area contributed by atoms with Crippen LogP contribution in [0, 0.1) is 12.3 Å². The first-order chi connectivity index (χ1) is 5.88. The van der Waals surface area contributed by atoms with E-state index in [1.165, 1.54) is 5.56 Å². The van der Waals surface area contributed by atoms with Gasteiger partial charge in [0.05, 0.1) is 0 Å². The van der Waals surface area contributed by atoms with Gasteiger partial charge in [0, 0.05) is 5.92 Å². The largest absolute Gasteiger partial charge is 0.0809 e. The fraction of sp³-hybridized carbons (Fsp3) is 0.333. The van der Waals surface area contributed by atoms with E-state index in [-0.39, 0.29) is 5.92 Å². The van der Waals surface area contributed by atoms with Gasteiger partial charge in [0.25, 0.3) is 0 Å². The van der Waals surface area contributed by atoms with E-state index in [1.54, 1.807) is 0 Å². The molecule has 1 unspecified atom stereocenters. The van der Waals surface area contributed by atoms with Gasteiger partial charge >= 0.3 is 0 Å². The quantitative estimate of drug-likeness (QED) is 0.591. The standard InChI is InChI=1S/C12H13/c1-3-8-11(4-2)12-9-6-5-7-10-12/h5-7,9-11H,3,8H2,1H3. The Kier molecular flexibility index (Phi) is 3.41. The Balaban J connectivity index is 2.75. The highest BCUT2D eigenvalue weighted by molar-refractivity contribution is 5.24. The lowest BCUT2D eigenvalue weighted by atomic mass is 9.96. The van der Waals surface area contributed by atoms with Crippen LogP contribution in [0.2, 0.25) is 0 Å². The van der Waals surface area contributed by atoms with Crippen LogP contribution in [0.15, 0.2) is 30.3 Å². The smallest absolute Gasteiger partial charge is 0.0462 e. The van der Waals surface area contributed by atoms with Crippen molar-refractivity contribution in [2.45, 2.75) is 25.7 Å². The maximum absolute atomic E-state index is 7.15. The van der Waals surface area contributed by atoms with Gasteiger partial charge < -0.3 is 0 Å². The van der Waals surface area contributed by atoms with Gasteiger partial charge in [0.2, 0.25) is 0 Å². The maximum atomic E-state index is 7.15. The van der Waals surface area contributed by atoms with Crippen LogP contribution >= 0.6 is 0 Å². The molecule has 0 bridgehead atoms. The van der Waals surface area contributed by atoms with Gasteiger partial charge in [-0.15, -0.1) is 0 Å².